The summed E-state index contributed by atoms with van der Waals surface area (Å²) in [6, 6.07) is 20.7. The van der Waals surface area contributed by atoms with E-state index < -0.39 is 0 Å². The molecule has 4 N–H and O–H groups in total. The number of carbonyl (C=O) groups is 2. The van der Waals surface area contributed by atoms with Crippen molar-refractivity contribution in [1.29, 1.82) is 0 Å². The Hall–Kier alpha value is -4.50. The monoisotopic (exact) mass is 522 g/mol. The zero-order chi connectivity index (χ0) is 26.1. The van der Waals surface area contributed by atoms with Crippen molar-refractivity contribution >= 4 is 50.7 Å². The number of nitrogens with one attached hydrogen (secondary N) is 2. The number of carbonyl (C=O) groups excluding carboxylic acids is 2. The number of hydrogen-bond acceptors (Lipinski definition) is 6. The Morgan fingerprint density at radius 2 is 1.76 bits per heavy atom. The largest absolute Gasteiger partial charge is 0.383 e. The molecule has 1 saturated carbocycles. The number of thiophene rings is 1. The van der Waals surface area contributed by atoms with Crippen LogP contribution in [0.4, 0.5) is 21.3 Å². The molecule has 0 atom stereocenters. The average Bonchev–Trinajstić information content (AvgIpc) is 3.69. The predicted octanol–water partition coefficient (Wildman–Crippen LogP) is 6.73. The highest BCUT2D eigenvalue weighted by atomic mass is 32.1. The van der Waals surface area contributed by atoms with Crippen LogP contribution < -0.4 is 16.4 Å². The highest BCUT2D eigenvalue weighted by Gasteiger charge is 2.25. The minimum atomic E-state index is -0.383. The number of fused-ring (bicyclic) bond motifs is 1. The van der Waals surface area contributed by atoms with Crippen molar-refractivity contribution in [2.75, 3.05) is 16.4 Å². The predicted molar refractivity (Wildman–Crippen MR) is 152 cm³/mol. The quantitative estimate of drug-likeness (QED) is 0.214. The second-order valence-electron chi connectivity index (χ2n) is 9.36. The van der Waals surface area contributed by atoms with Gasteiger partial charge in [0.2, 0.25) is 0 Å². The number of aromatic nitrogens is 3. The molecule has 0 radical (unpaired) electrons. The maximum absolute atomic E-state index is 13.7. The van der Waals surface area contributed by atoms with E-state index in [0.29, 0.717) is 33.9 Å². The van der Waals surface area contributed by atoms with Gasteiger partial charge < -0.3 is 15.6 Å². The third-order valence-corrected chi connectivity index (χ3v) is 7.93. The normalized spacial score (nSPS) is 13.6. The van der Waals surface area contributed by atoms with E-state index in [1.54, 1.807) is 24.3 Å². The Bertz CT molecular complexity index is 1640. The molecule has 9 heteroatoms. The molecule has 190 valence electrons. The van der Waals surface area contributed by atoms with Crippen molar-refractivity contribution in [2.45, 2.75) is 31.7 Å². The first-order valence-corrected chi connectivity index (χ1v) is 13.4. The lowest BCUT2D eigenvalue weighted by Gasteiger charge is -2.12. The van der Waals surface area contributed by atoms with Gasteiger partial charge in [0.15, 0.2) is 5.78 Å². The van der Waals surface area contributed by atoms with Gasteiger partial charge in [-0.2, -0.15) is 0 Å². The fraction of sp³-hybridized carbons (Fsp3) is 0.172. The van der Waals surface area contributed by atoms with Gasteiger partial charge in [-0.25, -0.2) is 14.8 Å². The molecule has 38 heavy (non-hydrogen) atoms. The first-order chi connectivity index (χ1) is 18.6. The number of anilines is 3. The van der Waals surface area contributed by atoms with E-state index in [2.05, 4.69) is 25.2 Å². The van der Waals surface area contributed by atoms with E-state index in [4.69, 9.17) is 5.73 Å². The average molecular weight is 523 g/mol. The van der Waals surface area contributed by atoms with Crippen LogP contribution in [0.15, 0.2) is 79.3 Å². The van der Waals surface area contributed by atoms with Crippen molar-refractivity contribution < 1.29 is 9.59 Å². The molecule has 5 aromatic rings. The van der Waals surface area contributed by atoms with Gasteiger partial charge in [0, 0.05) is 28.4 Å². The van der Waals surface area contributed by atoms with E-state index >= 15 is 0 Å². The highest BCUT2D eigenvalue weighted by molar-refractivity contribution is 7.19. The van der Waals surface area contributed by atoms with E-state index in [9.17, 15) is 9.59 Å². The zero-order valence-electron chi connectivity index (χ0n) is 20.6. The molecular formula is C29H26N6O2S. The fourth-order valence-electron chi connectivity index (χ4n) is 5.07. The van der Waals surface area contributed by atoms with Crippen LogP contribution in [0.25, 0.3) is 21.5 Å². The Labute approximate surface area is 223 Å². The molecule has 0 aliphatic heterocycles. The maximum atomic E-state index is 13.7. The van der Waals surface area contributed by atoms with Gasteiger partial charge in [-0.3, -0.25) is 10.1 Å². The summed E-state index contributed by atoms with van der Waals surface area (Å²) >= 11 is 1.49. The summed E-state index contributed by atoms with van der Waals surface area (Å²) in [6.45, 7) is 0. The van der Waals surface area contributed by atoms with Crippen LogP contribution in [0.3, 0.4) is 0 Å². The number of rotatable bonds is 6. The van der Waals surface area contributed by atoms with E-state index in [1.165, 1.54) is 17.7 Å². The van der Waals surface area contributed by atoms with Crippen LogP contribution in [-0.2, 0) is 0 Å². The lowest BCUT2D eigenvalue weighted by molar-refractivity contribution is 0.104. The molecule has 3 aromatic heterocycles. The molecule has 1 aliphatic rings. The Balaban J connectivity index is 1.22. The maximum Gasteiger partial charge on any atom is 0.324 e. The molecule has 1 fully saturated rings. The van der Waals surface area contributed by atoms with Crippen molar-refractivity contribution in [1.82, 2.24) is 14.5 Å². The Morgan fingerprint density at radius 1 is 0.947 bits per heavy atom. The summed E-state index contributed by atoms with van der Waals surface area (Å²) in [4.78, 5) is 36.0. The van der Waals surface area contributed by atoms with Crippen molar-refractivity contribution in [3.05, 3.63) is 90.4 Å². The SMILES string of the molecule is Nc1ncnc2c1c(C(=O)c1cccc(NC(=O)Nc3ccc(-c4ccccc4)s3)c1)cn2C1CCCC1. The van der Waals surface area contributed by atoms with Gasteiger partial charge in [0.05, 0.1) is 16.0 Å². The smallest absolute Gasteiger partial charge is 0.324 e. The molecule has 3 heterocycles. The molecule has 0 saturated heterocycles. The molecule has 0 bridgehead atoms. The second kappa shape index (κ2) is 10.1. The minimum absolute atomic E-state index is 0.192. The van der Waals surface area contributed by atoms with E-state index in [0.717, 1.165) is 41.1 Å². The summed E-state index contributed by atoms with van der Waals surface area (Å²) in [5, 5.41) is 7.01. The molecule has 6 rings (SSSR count). The molecule has 1 aliphatic carbocycles. The lowest BCUT2D eigenvalue weighted by atomic mass is 10.0. The zero-order valence-corrected chi connectivity index (χ0v) is 21.4. The van der Waals surface area contributed by atoms with Crippen molar-refractivity contribution in [2.24, 2.45) is 0 Å². The molecule has 8 nitrogen and oxygen atoms in total. The molecule has 2 amide bonds. The van der Waals surface area contributed by atoms with Crippen LogP contribution >= 0.6 is 11.3 Å². The van der Waals surface area contributed by atoms with Crippen molar-refractivity contribution in [3.63, 3.8) is 0 Å². The summed E-state index contributed by atoms with van der Waals surface area (Å²) < 4.78 is 2.08. The number of nitrogens with zero attached hydrogens (tertiary/aromatic N) is 3. The summed E-state index contributed by atoms with van der Waals surface area (Å²) in [5.41, 5.74) is 9.42. The lowest BCUT2D eigenvalue weighted by Crippen LogP contribution is -2.19. The Kier molecular flexibility index (Phi) is 6.35. The first kappa shape index (κ1) is 23.9. The van der Waals surface area contributed by atoms with Gasteiger partial charge in [-0.15, -0.1) is 11.3 Å². The second-order valence-corrected chi connectivity index (χ2v) is 10.4. The third kappa shape index (κ3) is 4.64. The first-order valence-electron chi connectivity index (χ1n) is 12.6. The number of nitrogen functional groups attached to an aromatic ring is 1. The number of benzene rings is 2. The van der Waals surface area contributed by atoms with Gasteiger partial charge in [-0.1, -0.05) is 55.3 Å². The van der Waals surface area contributed by atoms with Gasteiger partial charge in [0.1, 0.15) is 17.8 Å². The summed E-state index contributed by atoms with van der Waals surface area (Å²) in [6.07, 6.45) is 7.71. The van der Waals surface area contributed by atoms with Crippen LogP contribution in [0.2, 0.25) is 0 Å². The number of amides is 2. The molecule has 0 unspecified atom stereocenters. The summed E-state index contributed by atoms with van der Waals surface area (Å²) in [5.74, 6) is 0.0950. The van der Waals surface area contributed by atoms with E-state index in [1.807, 2.05) is 48.7 Å². The molecular weight excluding hydrogens is 496 g/mol. The number of hydrogen-bond donors (Lipinski definition) is 3. The molecule has 2 aromatic carbocycles. The number of nitrogens with two attached hydrogens (primary N) is 1. The van der Waals surface area contributed by atoms with Crippen LogP contribution in [0, 0.1) is 0 Å². The molecule has 0 spiro atoms. The van der Waals surface area contributed by atoms with Crippen LogP contribution in [0.5, 0.6) is 0 Å². The van der Waals surface area contributed by atoms with E-state index in [-0.39, 0.29) is 17.6 Å². The number of urea groups is 1. The van der Waals surface area contributed by atoms with Gasteiger partial charge in [0.25, 0.3) is 0 Å². The highest BCUT2D eigenvalue weighted by Crippen LogP contribution is 2.36. The summed E-state index contributed by atoms with van der Waals surface area (Å²) in [7, 11) is 0. The minimum Gasteiger partial charge on any atom is -0.383 e. The van der Waals surface area contributed by atoms with Crippen LogP contribution in [0.1, 0.15) is 47.6 Å². The topological polar surface area (TPSA) is 115 Å². The fourth-order valence-corrected chi connectivity index (χ4v) is 5.98. The Morgan fingerprint density at radius 3 is 2.58 bits per heavy atom. The third-order valence-electron chi connectivity index (χ3n) is 6.89. The van der Waals surface area contributed by atoms with Gasteiger partial charge in [-0.05, 0) is 42.7 Å². The van der Waals surface area contributed by atoms with Crippen LogP contribution in [-0.4, -0.2) is 26.3 Å². The van der Waals surface area contributed by atoms with Gasteiger partial charge >= 0.3 is 6.03 Å². The van der Waals surface area contributed by atoms with Crippen molar-refractivity contribution in [3.8, 4) is 10.4 Å². The standard InChI is InChI=1S/C29H26N6O2S/c30-27-25-22(16-35(21-11-4-5-12-21)28(25)32-17-31-27)26(36)19-9-6-10-20(15-19)33-29(37)34-24-14-13-23(38-24)18-7-2-1-3-8-18/h1-3,6-10,13-17,21H,4-5,11-12H2,(H2,30,31,32)(H2,33,34,37). The number of ketones is 1.